The molecular weight excluding hydrogens is 308 g/mol. The SMILES string of the molecule is CNC(=O)[C@H](C#N)C(=O)[C@H]1C[C@@H]1c1ccc(Br)cc1. The number of carbonyl (C=O) groups is 2. The molecule has 0 radical (unpaired) electrons. The third-order valence-corrected chi connectivity index (χ3v) is 3.90. The molecule has 1 aromatic rings. The molecule has 0 bridgehead atoms. The van der Waals surface area contributed by atoms with E-state index in [2.05, 4.69) is 21.2 Å². The van der Waals surface area contributed by atoms with E-state index in [0.29, 0.717) is 0 Å². The number of carbonyl (C=O) groups excluding carboxylic acids is 2. The predicted octanol–water partition coefficient (Wildman–Crippen LogP) is 2.01. The van der Waals surface area contributed by atoms with E-state index in [1.165, 1.54) is 7.05 Å². The highest BCUT2D eigenvalue weighted by molar-refractivity contribution is 9.10. The Labute approximate surface area is 119 Å². The summed E-state index contributed by atoms with van der Waals surface area (Å²) in [5, 5.41) is 11.3. The Morgan fingerprint density at radius 3 is 2.58 bits per heavy atom. The van der Waals surface area contributed by atoms with E-state index in [1.54, 1.807) is 6.07 Å². The standard InChI is InChI=1S/C14H13BrN2O2/c1-17-14(19)12(7-16)13(18)11-6-10(11)8-2-4-9(15)5-3-8/h2-5,10-12H,6H2,1H3,(H,17,19)/t10-,11+,12-/m1/s1. The summed E-state index contributed by atoms with van der Waals surface area (Å²) in [5.41, 5.74) is 1.08. The molecule has 98 valence electrons. The molecule has 4 nitrogen and oxygen atoms in total. The molecule has 0 spiro atoms. The van der Waals surface area contributed by atoms with Crippen LogP contribution in [0.3, 0.4) is 0 Å². The zero-order valence-electron chi connectivity index (χ0n) is 10.4. The third kappa shape index (κ3) is 2.85. The Hall–Kier alpha value is -1.67. The van der Waals surface area contributed by atoms with Gasteiger partial charge in [0.05, 0.1) is 6.07 Å². The van der Waals surface area contributed by atoms with Crippen LogP contribution in [0, 0.1) is 23.2 Å². The smallest absolute Gasteiger partial charge is 0.244 e. The monoisotopic (exact) mass is 320 g/mol. The van der Waals surface area contributed by atoms with Gasteiger partial charge in [-0.25, -0.2) is 0 Å². The second-order valence-electron chi connectivity index (χ2n) is 4.58. The van der Waals surface area contributed by atoms with Gasteiger partial charge in [0.2, 0.25) is 5.91 Å². The number of hydrogen-bond donors (Lipinski definition) is 1. The number of hydrogen-bond acceptors (Lipinski definition) is 3. The maximum Gasteiger partial charge on any atom is 0.244 e. The molecule has 5 heteroatoms. The van der Waals surface area contributed by atoms with Gasteiger partial charge in [-0.15, -0.1) is 0 Å². The number of Topliss-reactive ketones (excluding diaryl/α,β-unsaturated/α-hetero) is 1. The minimum atomic E-state index is -1.18. The molecule has 0 saturated heterocycles. The predicted molar refractivity (Wildman–Crippen MR) is 73.2 cm³/mol. The zero-order chi connectivity index (χ0) is 14.0. The molecule has 19 heavy (non-hydrogen) atoms. The summed E-state index contributed by atoms with van der Waals surface area (Å²) in [6.07, 6.45) is 0.718. The van der Waals surface area contributed by atoms with Crippen LogP contribution in [-0.4, -0.2) is 18.7 Å². The highest BCUT2D eigenvalue weighted by atomic mass is 79.9. The Kier molecular flexibility index (Phi) is 4.01. The minimum Gasteiger partial charge on any atom is -0.358 e. The van der Waals surface area contributed by atoms with Gasteiger partial charge in [-0.05, 0) is 30.0 Å². The number of halogens is 1. The van der Waals surface area contributed by atoms with Crippen molar-refractivity contribution in [1.82, 2.24) is 5.32 Å². The Bertz CT molecular complexity index is 548. The van der Waals surface area contributed by atoms with Crippen molar-refractivity contribution < 1.29 is 9.59 Å². The van der Waals surface area contributed by atoms with Crippen molar-refractivity contribution in [3.05, 3.63) is 34.3 Å². The van der Waals surface area contributed by atoms with E-state index in [-0.39, 0.29) is 17.6 Å². The van der Waals surface area contributed by atoms with Crippen LogP contribution >= 0.6 is 15.9 Å². The molecule has 2 rings (SSSR count). The lowest BCUT2D eigenvalue weighted by Crippen LogP contribution is -2.33. The Morgan fingerprint density at radius 2 is 2.05 bits per heavy atom. The fourth-order valence-corrected chi connectivity index (χ4v) is 2.46. The minimum absolute atomic E-state index is 0.140. The first-order chi connectivity index (χ1) is 9.08. The lowest BCUT2D eigenvalue weighted by Gasteiger charge is -2.06. The number of nitrogens with zero attached hydrogens (tertiary/aromatic N) is 1. The van der Waals surface area contributed by atoms with Gasteiger partial charge in [0.25, 0.3) is 0 Å². The van der Waals surface area contributed by atoms with Gasteiger partial charge >= 0.3 is 0 Å². The Morgan fingerprint density at radius 1 is 1.42 bits per heavy atom. The first kappa shape index (κ1) is 13.8. The number of amides is 1. The van der Waals surface area contributed by atoms with Gasteiger partial charge in [-0.1, -0.05) is 28.1 Å². The van der Waals surface area contributed by atoms with Gasteiger partial charge in [-0.2, -0.15) is 5.26 Å². The summed E-state index contributed by atoms with van der Waals surface area (Å²) in [4.78, 5) is 23.5. The molecule has 1 fully saturated rings. The molecule has 3 atom stereocenters. The molecule has 1 amide bonds. The largest absolute Gasteiger partial charge is 0.358 e. The fraction of sp³-hybridized carbons (Fsp3) is 0.357. The topological polar surface area (TPSA) is 70.0 Å². The second kappa shape index (κ2) is 5.54. The van der Waals surface area contributed by atoms with Crippen molar-refractivity contribution in [3.8, 4) is 6.07 Å². The second-order valence-corrected chi connectivity index (χ2v) is 5.49. The number of rotatable bonds is 4. The number of nitriles is 1. The van der Waals surface area contributed by atoms with E-state index in [1.807, 2.05) is 24.3 Å². The Balaban J connectivity index is 2.06. The van der Waals surface area contributed by atoms with Crippen LogP contribution < -0.4 is 5.32 Å². The van der Waals surface area contributed by atoms with Crippen molar-refractivity contribution >= 4 is 27.6 Å². The summed E-state index contributed by atoms with van der Waals surface area (Å²) in [7, 11) is 1.43. The molecule has 1 aliphatic rings. The summed E-state index contributed by atoms with van der Waals surface area (Å²) >= 11 is 3.36. The molecule has 0 aliphatic heterocycles. The van der Waals surface area contributed by atoms with Crippen molar-refractivity contribution in [3.63, 3.8) is 0 Å². The van der Waals surface area contributed by atoms with Crippen LogP contribution in [0.4, 0.5) is 0 Å². The average Bonchev–Trinajstić information content (AvgIpc) is 3.20. The fourth-order valence-electron chi connectivity index (χ4n) is 2.20. The van der Waals surface area contributed by atoms with Crippen molar-refractivity contribution in [2.24, 2.45) is 11.8 Å². The number of nitrogens with one attached hydrogen (secondary N) is 1. The van der Waals surface area contributed by atoms with Crippen LogP contribution in [0.25, 0.3) is 0 Å². The van der Waals surface area contributed by atoms with E-state index >= 15 is 0 Å². The van der Waals surface area contributed by atoms with Crippen LogP contribution in [-0.2, 0) is 9.59 Å². The van der Waals surface area contributed by atoms with Crippen molar-refractivity contribution in [2.75, 3.05) is 7.05 Å². The number of ketones is 1. The van der Waals surface area contributed by atoms with Crippen molar-refractivity contribution in [1.29, 1.82) is 5.26 Å². The molecule has 1 N–H and O–H groups in total. The van der Waals surface area contributed by atoms with Gasteiger partial charge < -0.3 is 5.32 Å². The quantitative estimate of drug-likeness (QED) is 0.863. The van der Waals surface area contributed by atoms with Crippen molar-refractivity contribution in [2.45, 2.75) is 12.3 Å². The maximum atomic E-state index is 12.1. The zero-order valence-corrected chi connectivity index (χ0v) is 12.0. The molecule has 0 unspecified atom stereocenters. The summed E-state index contributed by atoms with van der Waals surface area (Å²) in [6, 6.07) is 9.56. The van der Waals surface area contributed by atoms with Gasteiger partial charge in [-0.3, -0.25) is 9.59 Å². The van der Waals surface area contributed by atoms with E-state index in [0.717, 1.165) is 16.5 Å². The van der Waals surface area contributed by atoms with Gasteiger partial charge in [0.15, 0.2) is 11.7 Å². The summed E-state index contributed by atoms with van der Waals surface area (Å²) in [6.45, 7) is 0. The molecule has 0 aromatic heterocycles. The van der Waals surface area contributed by atoms with Crippen LogP contribution in [0.5, 0.6) is 0 Å². The van der Waals surface area contributed by atoms with Crippen LogP contribution in [0.1, 0.15) is 17.9 Å². The van der Waals surface area contributed by atoms with Gasteiger partial charge in [0.1, 0.15) is 0 Å². The van der Waals surface area contributed by atoms with E-state index in [4.69, 9.17) is 5.26 Å². The molecule has 0 heterocycles. The third-order valence-electron chi connectivity index (χ3n) is 3.38. The highest BCUT2D eigenvalue weighted by Crippen LogP contribution is 2.49. The lowest BCUT2D eigenvalue weighted by molar-refractivity contribution is -0.132. The van der Waals surface area contributed by atoms with Gasteiger partial charge in [0, 0.05) is 17.4 Å². The van der Waals surface area contributed by atoms with Crippen LogP contribution in [0.15, 0.2) is 28.7 Å². The lowest BCUT2D eigenvalue weighted by atomic mass is 9.98. The maximum absolute atomic E-state index is 12.1. The van der Waals surface area contributed by atoms with E-state index in [9.17, 15) is 9.59 Å². The van der Waals surface area contributed by atoms with Crippen LogP contribution in [0.2, 0.25) is 0 Å². The van der Waals surface area contributed by atoms with E-state index < -0.39 is 11.8 Å². The highest BCUT2D eigenvalue weighted by Gasteiger charge is 2.47. The first-order valence-corrected chi connectivity index (χ1v) is 6.78. The molecule has 1 saturated carbocycles. The average molecular weight is 321 g/mol. The molecule has 1 aromatic carbocycles. The molecule has 1 aliphatic carbocycles. The summed E-state index contributed by atoms with van der Waals surface area (Å²) < 4.78 is 0.986. The summed E-state index contributed by atoms with van der Waals surface area (Å²) in [5.74, 6) is -2.04. The normalized spacial score (nSPS) is 22.2. The first-order valence-electron chi connectivity index (χ1n) is 5.99. The number of benzene rings is 1. The molecular formula is C14H13BrN2O2.